The van der Waals surface area contributed by atoms with Crippen LogP contribution in [0.2, 0.25) is 0 Å². The molecule has 2 heterocycles. The maximum Gasteiger partial charge on any atom is 0.254 e. The normalized spacial score (nSPS) is 19.5. The van der Waals surface area contributed by atoms with Crippen LogP contribution in [0.25, 0.3) is 0 Å². The molecule has 2 aliphatic rings. The molecule has 3 amide bonds. The van der Waals surface area contributed by atoms with Gasteiger partial charge in [-0.25, -0.2) is 8.42 Å². The standard InChI is InChI=1S/C22H24N4O6S/c1-32-19-12-14(8-9-18(19)26-10-4-5-11-33(26,30)31)23-20(27)13-17-22(29)24-16-7-3-2-6-15(16)21(28)25-17/h2-3,6-9,12,17H,4-5,10-11,13H2,1H3,(H,23,27)(H,24,29)(H,25,28). The third-order valence-electron chi connectivity index (χ3n) is 5.52. The zero-order chi connectivity index (χ0) is 23.6. The Kier molecular flexibility index (Phi) is 6.23. The van der Waals surface area contributed by atoms with Crippen molar-refractivity contribution in [2.45, 2.75) is 25.3 Å². The summed E-state index contributed by atoms with van der Waals surface area (Å²) in [6.07, 6.45) is 1.09. The second-order valence-electron chi connectivity index (χ2n) is 7.80. The van der Waals surface area contributed by atoms with Gasteiger partial charge in [0.15, 0.2) is 0 Å². The van der Waals surface area contributed by atoms with Crippen LogP contribution in [0.15, 0.2) is 42.5 Å². The number of anilines is 3. The molecule has 174 valence electrons. The topological polar surface area (TPSA) is 134 Å². The number of methoxy groups -OCH3 is 1. The zero-order valence-corrected chi connectivity index (χ0v) is 18.8. The van der Waals surface area contributed by atoms with Crippen molar-refractivity contribution < 1.29 is 27.5 Å². The molecule has 1 atom stereocenters. The van der Waals surface area contributed by atoms with E-state index < -0.39 is 33.8 Å². The smallest absolute Gasteiger partial charge is 0.254 e. The first-order valence-corrected chi connectivity index (χ1v) is 12.1. The fourth-order valence-electron chi connectivity index (χ4n) is 3.87. The molecule has 0 bridgehead atoms. The Hall–Kier alpha value is -3.60. The van der Waals surface area contributed by atoms with Crippen molar-refractivity contribution in [1.29, 1.82) is 0 Å². The van der Waals surface area contributed by atoms with Crippen LogP contribution >= 0.6 is 0 Å². The van der Waals surface area contributed by atoms with Crippen LogP contribution in [0, 0.1) is 0 Å². The highest BCUT2D eigenvalue weighted by Crippen LogP contribution is 2.35. The van der Waals surface area contributed by atoms with E-state index in [0.29, 0.717) is 41.3 Å². The fraction of sp³-hybridized carbons (Fsp3) is 0.318. The molecular weight excluding hydrogens is 448 g/mol. The minimum Gasteiger partial charge on any atom is -0.494 e. The molecule has 1 fully saturated rings. The highest BCUT2D eigenvalue weighted by atomic mass is 32.2. The summed E-state index contributed by atoms with van der Waals surface area (Å²) < 4.78 is 31.6. The van der Waals surface area contributed by atoms with Crippen LogP contribution in [0.3, 0.4) is 0 Å². The molecule has 3 N–H and O–H groups in total. The van der Waals surface area contributed by atoms with Gasteiger partial charge in [-0.15, -0.1) is 0 Å². The first-order valence-electron chi connectivity index (χ1n) is 10.5. The summed E-state index contributed by atoms with van der Waals surface area (Å²) in [6, 6.07) is 10.2. The van der Waals surface area contributed by atoms with Crippen LogP contribution in [-0.4, -0.2) is 51.6 Å². The lowest BCUT2D eigenvalue weighted by atomic mass is 10.1. The van der Waals surface area contributed by atoms with E-state index in [1.54, 1.807) is 36.4 Å². The lowest BCUT2D eigenvalue weighted by molar-refractivity contribution is -0.122. The molecule has 33 heavy (non-hydrogen) atoms. The van der Waals surface area contributed by atoms with E-state index in [2.05, 4.69) is 16.0 Å². The summed E-state index contributed by atoms with van der Waals surface area (Å²) in [7, 11) is -2.00. The van der Waals surface area contributed by atoms with E-state index in [9.17, 15) is 22.8 Å². The molecule has 0 radical (unpaired) electrons. The first-order chi connectivity index (χ1) is 15.8. The van der Waals surface area contributed by atoms with Gasteiger partial charge in [-0.05, 0) is 37.1 Å². The maximum absolute atomic E-state index is 12.6. The van der Waals surface area contributed by atoms with Gasteiger partial charge in [-0.1, -0.05) is 12.1 Å². The number of nitrogens with zero attached hydrogens (tertiary/aromatic N) is 1. The van der Waals surface area contributed by atoms with E-state index in [0.717, 1.165) is 6.42 Å². The van der Waals surface area contributed by atoms with Crippen molar-refractivity contribution in [3.8, 4) is 5.75 Å². The largest absolute Gasteiger partial charge is 0.494 e. The molecule has 11 heteroatoms. The first kappa shape index (κ1) is 22.6. The van der Waals surface area contributed by atoms with E-state index >= 15 is 0 Å². The molecule has 2 aliphatic heterocycles. The molecule has 10 nitrogen and oxygen atoms in total. The third-order valence-corrected chi connectivity index (χ3v) is 7.38. The van der Waals surface area contributed by atoms with Crippen molar-refractivity contribution in [1.82, 2.24) is 5.32 Å². The average molecular weight is 473 g/mol. The number of hydrogen-bond acceptors (Lipinski definition) is 6. The van der Waals surface area contributed by atoms with E-state index in [1.165, 1.54) is 17.5 Å². The lowest BCUT2D eigenvalue weighted by Crippen LogP contribution is -2.43. The molecule has 0 saturated carbocycles. The number of rotatable bonds is 5. The van der Waals surface area contributed by atoms with E-state index in [4.69, 9.17) is 4.74 Å². The number of sulfonamides is 1. The summed E-state index contributed by atoms with van der Waals surface area (Å²) in [6.45, 7) is 0.364. The zero-order valence-electron chi connectivity index (χ0n) is 18.0. The van der Waals surface area contributed by atoms with Crippen molar-refractivity contribution in [3.05, 3.63) is 48.0 Å². The number of benzene rings is 2. The molecule has 0 aliphatic carbocycles. The average Bonchev–Trinajstić information content (AvgIpc) is 2.89. The minimum atomic E-state index is -3.42. The van der Waals surface area contributed by atoms with Crippen molar-refractivity contribution in [2.24, 2.45) is 0 Å². The summed E-state index contributed by atoms with van der Waals surface area (Å²) >= 11 is 0. The van der Waals surface area contributed by atoms with Gasteiger partial charge in [0.05, 0.1) is 36.2 Å². The summed E-state index contributed by atoms with van der Waals surface area (Å²) in [5.74, 6) is -1.06. The second kappa shape index (κ2) is 9.10. The third kappa shape index (κ3) is 4.77. The number of amides is 3. The van der Waals surface area contributed by atoms with Crippen molar-refractivity contribution >= 4 is 44.8 Å². The summed E-state index contributed by atoms with van der Waals surface area (Å²) in [4.78, 5) is 37.5. The van der Waals surface area contributed by atoms with Gasteiger partial charge in [0.25, 0.3) is 5.91 Å². The van der Waals surface area contributed by atoms with Gasteiger partial charge in [-0.2, -0.15) is 0 Å². The van der Waals surface area contributed by atoms with E-state index in [-0.39, 0.29) is 12.2 Å². The number of carbonyl (C=O) groups excluding carboxylic acids is 3. The monoisotopic (exact) mass is 472 g/mol. The SMILES string of the molecule is COc1cc(NC(=O)CC2NC(=O)c3ccccc3NC2=O)ccc1N1CCCCS1(=O)=O. The van der Waals surface area contributed by atoms with Gasteiger partial charge >= 0.3 is 0 Å². The second-order valence-corrected chi connectivity index (χ2v) is 9.81. The molecule has 4 rings (SSSR count). The number of fused-ring (bicyclic) bond motifs is 1. The summed E-state index contributed by atoms with van der Waals surface area (Å²) in [5, 5.41) is 7.91. The number of hydrogen-bond donors (Lipinski definition) is 3. The Bertz CT molecular complexity index is 1210. The molecule has 1 unspecified atom stereocenters. The molecule has 1 saturated heterocycles. The Balaban J connectivity index is 1.47. The van der Waals surface area contributed by atoms with Crippen LogP contribution in [0.1, 0.15) is 29.6 Å². The fourth-order valence-corrected chi connectivity index (χ4v) is 5.52. The van der Waals surface area contributed by atoms with Gasteiger partial charge in [0.1, 0.15) is 11.8 Å². The highest BCUT2D eigenvalue weighted by molar-refractivity contribution is 7.92. The molecular formula is C22H24N4O6S. The van der Waals surface area contributed by atoms with E-state index in [1.807, 2.05) is 0 Å². The Morgan fingerprint density at radius 1 is 1.18 bits per heavy atom. The van der Waals surface area contributed by atoms with Crippen LogP contribution < -0.4 is 25.0 Å². The van der Waals surface area contributed by atoms with Crippen molar-refractivity contribution in [3.63, 3.8) is 0 Å². The predicted molar refractivity (Wildman–Crippen MR) is 123 cm³/mol. The van der Waals surface area contributed by atoms with Gasteiger partial charge in [-0.3, -0.25) is 18.7 Å². The quantitative estimate of drug-likeness (QED) is 0.607. The van der Waals surface area contributed by atoms with Crippen LogP contribution in [0.5, 0.6) is 5.75 Å². The Morgan fingerprint density at radius 2 is 1.97 bits per heavy atom. The highest BCUT2D eigenvalue weighted by Gasteiger charge is 2.30. The minimum absolute atomic E-state index is 0.0771. The number of carbonyl (C=O) groups is 3. The molecule has 2 aromatic rings. The van der Waals surface area contributed by atoms with Gasteiger partial charge in [0.2, 0.25) is 21.8 Å². The molecule has 2 aromatic carbocycles. The summed E-state index contributed by atoms with van der Waals surface area (Å²) in [5.41, 5.74) is 1.49. The Labute approximate surface area is 191 Å². The molecule has 0 spiro atoms. The number of para-hydroxylation sites is 1. The van der Waals surface area contributed by atoms with Crippen molar-refractivity contribution in [2.75, 3.05) is 34.3 Å². The maximum atomic E-state index is 12.6. The number of ether oxygens (including phenoxy) is 1. The lowest BCUT2D eigenvalue weighted by Gasteiger charge is -2.29. The Morgan fingerprint density at radius 3 is 2.73 bits per heavy atom. The number of nitrogens with one attached hydrogen (secondary N) is 3. The van der Waals surface area contributed by atoms with Crippen LogP contribution in [0.4, 0.5) is 17.1 Å². The predicted octanol–water partition coefficient (Wildman–Crippen LogP) is 1.70. The molecule has 0 aromatic heterocycles. The van der Waals surface area contributed by atoms with Crippen LogP contribution in [-0.2, 0) is 19.6 Å². The van der Waals surface area contributed by atoms with Gasteiger partial charge in [0, 0.05) is 18.3 Å². The van der Waals surface area contributed by atoms with Gasteiger partial charge < -0.3 is 20.7 Å².